The fraction of sp³-hybridized carbons (Fsp3) is 0.733. The van der Waals surface area contributed by atoms with E-state index in [4.69, 9.17) is 4.74 Å². The van der Waals surface area contributed by atoms with Crippen molar-refractivity contribution in [3.8, 4) is 0 Å². The summed E-state index contributed by atoms with van der Waals surface area (Å²) < 4.78 is 31.5. The Hall–Kier alpha value is -1.54. The van der Waals surface area contributed by atoms with Gasteiger partial charge >= 0.3 is 6.55 Å². The Morgan fingerprint density at radius 1 is 1.39 bits per heavy atom. The number of hydrogen-bond donors (Lipinski definition) is 1. The van der Waals surface area contributed by atoms with Crippen molar-refractivity contribution in [2.45, 2.75) is 44.0 Å². The van der Waals surface area contributed by atoms with Gasteiger partial charge in [-0.2, -0.15) is 13.9 Å². The molecule has 1 amide bonds. The fourth-order valence-corrected chi connectivity index (χ4v) is 4.14. The van der Waals surface area contributed by atoms with E-state index in [1.54, 1.807) is 0 Å². The van der Waals surface area contributed by atoms with Crippen molar-refractivity contribution in [1.82, 2.24) is 20.0 Å². The monoisotopic (exact) mass is 326 g/mol. The first-order chi connectivity index (χ1) is 11.1. The first-order valence-corrected chi connectivity index (χ1v) is 8.15. The number of aromatic nitrogens is 2. The van der Waals surface area contributed by atoms with Gasteiger partial charge < -0.3 is 10.1 Å². The van der Waals surface area contributed by atoms with Crippen LogP contribution in [-0.4, -0.2) is 58.5 Å². The lowest BCUT2D eigenvalue weighted by atomic mass is 9.70. The van der Waals surface area contributed by atoms with Crippen LogP contribution in [0.2, 0.25) is 0 Å². The predicted molar refractivity (Wildman–Crippen MR) is 77.2 cm³/mol. The van der Waals surface area contributed by atoms with Gasteiger partial charge in [0, 0.05) is 18.7 Å². The van der Waals surface area contributed by atoms with E-state index in [1.807, 2.05) is 0 Å². The molecule has 0 bridgehead atoms. The van der Waals surface area contributed by atoms with Crippen LogP contribution < -0.4 is 5.32 Å². The molecule has 3 heterocycles. The molecule has 6 nitrogen and oxygen atoms in total. The maximum absolute atomic E-state index is 12.6. The van der Waals surface area contributed by atoms with Crippen LogP contribution >= 0.6 is 0 Å². The average molecular weight is 326 g/mol. The van der Waals surface area contributed by atoms with Crippen LogP contribution in [0.3, 0.4) is 0 Å². The number of alkyl halides is 2. The molecule has 1 saturated carbocycles. The Balaban J connectivity index is 1.46. The quantitative estimate of drug-likeness (QED) is 0.905. The molecule has 0 unspecified atom stereocenters. The number of hydrogen-bond acceptors (Lipinski definition) is 4. The Morgan fingerprint density at radius 3 is 2.87 bits per heavy atom. The van der Waals surface area contributed by atoms with Crippen molar-refractivity contribution in [3.63, 3.8) is 0 Å². The molecule has 2 aliphatic heterocycles. The van der Waals surface area contributed by atoms with Gasteiger partial charge in [0.1, 0.15) is 5.69 Å². The zero-order valence-corrected chi connectivity index (χ0v) is 12.7. The number of nitrogens with zero attached hydrogens (tertiary/aromatic N) is 3. The molecular weight excluding hydrogens is 306 g/mol. The molecule has 8 heteroatoms. The number of carbonyl (C=O) groups excluding carboxylic acids is 1. The van der Waals surface area contributed by atoms with E-state index < -0.39 is 6.55 Å². The molecule has 3 aliphatic rings. The minimum Gasteiger partial charge on any atom is -0.376 e. The van der Waals surface area contributed by atoms with E-state index in [9.17, 15) is 13.6 Å². The van der Waals surface area contributed by atoms with Crippen molar-refractivity contribution in [1.29, 1.82) is 0 Å². The number of rotatable bonds is 4. The van der Waals surface area contributed by atoms with Gasteiger partial charge in [-0.1, -0.05) is 0 Å². The zero-order chi connectivity index (χ0) is 16.0. The maximum Gasteiger partial charge on any atom is 0.333 e. The van der Waals surface area contributed by atoms with E-state index in [1.165, 1.54) is 18.9 Å². The van der Waals surface area contributed by atoms with Crippen molar-refractivity contribution >= 4 is 5.91 Å². The van der Waals surface area contributed by atoms with E-state index in [-0.39, 0.29) is 29.8 Å². The molecule has 4 rings (SSSR count). The summed E-state index contributed by atoms with van der Waals surface area (Å²) in [6, 6.07) is 1.55. The minimum absolute atomic E-state index is 0.0183. The third-order valence-corrected chi connectivity index (χ3v) is 5.25. The van der Waals surface area contributed by atoms with Crippen molar-refractivity contribution in [3.05, 3.63) is 18.0 Å². The normalized spacial score (nSPS) is 33.7. The van der Waals surface area contributed by atoms with Crippen LogP contribution in [0.15, 0.2) is 12.3 Å². The summed E-state index contributed by atoms with van der Waals surface area (Å²) in [7, 11) is 0. The molecule has 23 heavy (non-hydrogen) atoms. The minimum atomic E-state index is -2.73. The average Bonchev–Trinajstić information content (AvgIpc) is 3.26. The molecule has 3 fully saturated rings. The molecule has 1 aromatic rings. The smallest absolute Gasteiger partial charge is 0.333 e. The zero-order valence-electron chi connectivity index (χ0n) is 12.7. The molecular formula is C15H20F2N4O2. The van der Waals surface area contributed by atoms with Crippen LogP contribution in [-0.2, 0) is 4.74 Å². The van der Waals surface area contributed by atoms with Gasteiger partial charge in [0.15, 0.2) is 0 Å². The third kappa shape index (κ3) is 2.53. The number of halogens is 2. The fourth-order valence-electron chi connectivity index (χ4n) is 4.14. The van der Waals surface area contributed by atoms with Crippen molar-refractivity contribution < 1.29 is 18.3 Å². The SMILES string of the molecule is O=C(N[C@H]1[C@H]2CCO[C@H]2[C@@H]1N1CCCC1)c1ccn(C(F)F)n1. The first-order valence-electron chi connectivity index (χ1n) is 8.15. The molecule has 0 spiro atoms. The van der Waals surface area contributed by atoms with Gasteiger partial charge in [-0.3, -0.25) is 9.69 Å². The Labute approximate surface area is 132 Å². The Kier molecular flexibility index (Phi) is 3.81. The summed E-state index contributed by atoms with van der Waals surface area (Å²) >= 11 is 0. The maximum atomic E-state index is 12.6. The largest absolute Gasteiger partial charge is 0.376 e. The summed E-state index contributed by atoms with van der Waals surface area (Å²) in [5.74, 6) is -0.0642. The molecule has 2 saturated heterocycles. The van der Waals surface area contributed by atoms with Crippen LogP contribution in [0.25, 0.3) is 0 Å². The molecule has 0 radical (unpaired) electrons. The second-order valence-corrected chi connectivity index (χ2v) is 6.48. The van der Waals surface area contributed by atoms with Crippen molar-refractivity contribution in [2.75, 3.05) is 19.7 Å². The van der Waals surface area contributed by atoms with Gasteiger partial charge in [-0.25, -0.2) is 4.68 Å². The first kappa shape index (κ1) is 15.0. The molecule has 4 atom stereocenters. The van der Waals surface area contributed by atoms with Crippen LogP contribution in [0.5, 0.6) is 0 Å². The lowest BCUT2D eigenvalue weighted by molar-refractivity contribution is -0.0748. The lowest BCUT2D eigenvalue weighted by Gasteiger charge is -2.51. The molecule has 0 aromatic carbocycles. The Morgan fingerprint density at radius 2 is 2.17 bits per heavy atom. The standard InChI is InChI=1S/C15H20F2N4O2/c16-15(17)21-7-3-10(19-21)14(22)18-11-9-4-8-23-13(9)12(11)20-5-1-2-6-20/h3,7,9,11-13,15H,1-2,4-6,8H2,(H,18,22)/t9-,11+,12-,13-/m1/s1. The summed E-state index contributed by atoms with van der Waals surface area (Å²) in [6.07, 6.45) is 4.60. The molecule has 126 valence electrons. The predicted octanol–water partition coefficient (Wildman–Crippen LogP) is 1.26. The third-order valence-electron chi connectivity index (χ3n) is 5.25. The van der Waals surface area contributed by atoms with Gasteiger partial charge in [-0.05, 0) is 38.4 Å². The van der Waals surface area contributed by atoms with Gasteiger partial charge in [0.2, 0.25) is 0 Å². The highest BCUT2D eigenvalue weighted by Crippen LogP contribution is 2.42. The number of nitrogens with one attached hydrogen (secondary N) is 1. The van der Waals surface area contributed by atoms with Gasteiger partial charge in [-0.15, -0.1) is 0 Å². The summed E-state index contributed by atoms with van der Waals surface area (Å²) in [6.45, 7) is 0.0597. The van der Waals surface area contributed by atoms with Crippen LogP contribution in [0, 0.1) is 5.92 Å². The molecule has 1 N–H and O–H groups in total. The number of carbonyl (C=O) groups is 1. The molecule has 1 aromatic heterocycles. The summed E-state index contributed by atoms with van der Waals surface area (Å²) in [4.78, 5) is 14.7. The lowest BCUT2D eigenvalue weighted by Crippen LogP contribution is -2.70. The summed E-state index contributed by atoms with van der Waals surface area (Å²) in [5, 5.41) is 6.64. The van der Waals surface area contributed by atoms with Crippen LogP contribution in [0.4, 0.5) is 8.78 Å². The second-order valence-electron chi connectivity index (χ2n) is 6.48. The Bertz CT molecular complexity index is 583. The van der Waals surface area contributed by atoms with E-state index in [2.05, 4.69) is 15.3 Å². The molecule has 1 aliphatic carbocycles. The van der Waals surface area contributed by atoms with Crippen molar-refractivity contribution in [2.24, 2.45) is 5.92 Å². The highest BCUT2D eigenvalue weighted by Gasteiger charge is 2.56. The highest BCUT2D eigenvalue weighted by molar-refractivity contribution is 5.92. The van der Waals surface area contributed by atoms with Gasteiger partial charge in [0.25, 0.3) is 5.91 Å². The number of fused-ring (bicyclic) bond motifs is 1. The highest BCUT2D eigenvalue weighted by atomic mass is 19.3. The van der Waals surface area contributed by atoms with E-state index in [0.29, 0.717) is 10.6 Å². The van der Waals surface area contributed by atoms with Crippen LogP contribution in [0.1, 0.15) is 36.3 Å². The van der Waals surface area contributed by atoms with E-state index in [0.717, 1.165) is 32.3 Å². The topological polar surface area (TPSA) is 59.4 Å². The number of amides is 1. The second kappa shape index (κ2) is 5.83. The summed E-state index contributed by atoms with van der Waals surface area (Å²) in [5.41, 5.74) is 0.0350. The number of ether oxygens (including phenoxy) is 1. The van der Waals surface area contributed by atoms with Gasteiger partial charge in [0.05, 0.1) is 18.2 Å². The number of likely N-dealkylation sites (tertiary alicyclic amines) is 1. The van der Waals surface area contributed by atoms with E-state index >= 15 is 0 Å².